The predicted octanol–water partition coefficient (Wildman–Crippen LogP) is 5.28. The van der Waals surface area contributed by atoms with Crippen LogP contribution in [-0.2, 0) is 26.2 Å². The van der Waals surface area contributed by atoms with E-state index in [0.29, 0.717) is 10.6 Å². The fourth-order valence-electron chi connectivity index (χ4n) is 4.28. The quantitative estimate of drug-likeness (QED) is 0.442. The second-order valence-electron chi connectivity index (χ2n) is 9.07. The minimum atomic E-state index is -3.88. The number of benzene rings is 2. The maximum Gasteiger partial charge on any atom is 0.244 e. The van der Waals surface area contributed by atoms with Gasteiger partial charge in [-0.3, -0.25) is 13.9 Å². The summed E-state index contributed by atoms with van der Waals surface area (Å²) in [5, 5.41) is 4.01. The van der Waals surface area contributed by atoms with Crippen molar-refractivity contribution in [1.29, 1.82) is 0 Å². The van der Waals surface area contributed by atoms with Crippen LogP contribution in [-0.4, -0.2) is 50.0 Å². The Hall–Kier alpha value is -2.00. The maximum absolute atomic E-state index is 13.6. The van der Waals surface area contributed by atoms with Gasteiger partial charge >= 0.3 is 0 Å². The summed E-state index contributed by atoms with van der Waals surface area (Å²) in [5.41, 5.74) is 0.871. The van der Waals surface area contributed by atoms with Crippen molar-refractivity contribution < 1.29 is 18.0 Å². The molecule has 1 saturated carbocycles. The number of nitrogens with zero attached hydrogens (tertiary/aromatic N) is 2. The number of rotatable bonds is 9. The number of anilines is 1. The van der Waals surface area contributed by atoms with Crippen LogP contribution in [0.3, 0.4) is 0 Å². The molecule has 1 aliphatic rings. The molecule has 1 atom stereocenters. The number of halogens is 3. The smallest absolute Gasteiger partial charge is 0.244 e. The van der Waals surface area contributed by atoms with Gasteiger partial charge in [-0.1, -0.05) is 66.2 Å². The Bertz CT molecular complexity index is 1180. The molecule has 2 aromatic carbocycles. The van der Waals surface area contributed by atoms with E-state index in [4.69, 9.17) is 34.8 Å². The summed E-state index contributed by atoms with van der Waals surface area (Å²) in [6.07, 6.45) is 6.05. The molecule has 0 radical (unpaired) electrons. The zero-order valence-corrected chi connectivity index (χ0v) is 23.3. The Balaban J connectivity index is 1.89. The number of carbonyl (C=O) groups is 2. The number of sulfonamides is 1. The Kier molecular flexibility index (Phi) is 9.92. The van der Waals surface area contributed by atoms with Gasteiger partial charge in [0, 0.05) is 27.7 Å². The number of amides is 2. The fourth-order valence-corrected chi connectivity index (χ4v) is 5.84. The molecule has 0 aromatic heterocycles. The molecule has 2 amide bonds. The van der Waals surface area contributed by atoms with Crippen molar-refractivity contribution in [2.24, 2.45) is 0 Å². The summed E-state index contributed by atoms with van der Waals surface area (Å²) in [6.45, 7) is 1.19. The van der Waals surface area contributed by atoms with E-state index >= 15 is 0 Å². The molecule has 11 heteroatoms. The first-order valence-electron chi connectivity index (χ1n) is 11.7. The van der Waals surface area contributed by atoms with Crippen molar-refractivity contribution in [2.75, 3.05) is 17.1 Å². The topological polar surface area (TPSA) is 86.8 Å². The lowest BCUT2D eigenvalue weighted by Crippen LogP contribution is -2.52. The van der Waals surface area contributed by atoms with E-state index < -0.39 is 28.5 Å². The molecule has 3 rings (SSSR count). The molecule has 0 spiro atoms. The molecule has 1 aliphatic carbocycles. The second-order valence-corrected chi connectivity index (χ2v) is 12.3. The van der Waals surface area contributed by atoms with Gasteiger partial charge in [-0.05, 0) is 55.7 Å². The number of carbonyl (C=O) groups excluding carboxylic acids is 2. The maximum atomic E-state index is 13.6. The highest BCUT2D eigenvalue weighted by atomic mass is 35.5. The van der Waals surface area contributed by atoms with Crippen molar-refractivity contribution in [2.45, 2.75) is 57.7 Å². The van der Waals surface area contributed by atoms with E-state index in [0.717, 1.165) is 42.7 Å². The lowest BCUT2D eigenvalue weighted by molar-refractivity contribution is -0.139. The van der Waals surface area contributed by atoms with Crippen molar-refractivity contribution in [3.05, 3.63) is 63.1 Å². The average molecular weight is 575 g/mol. The molecule has 7 nitrogen and oxygen atoms in total. The van der Waals surface area contributed by atoms with Crippen LogP contribution in [0, 0.1) is 0 Å². The highest BCUT2D eigenvalue weighted by Crippen LogP contribution is 2.27. The summed E-state index contributed by atoms with van der Waals surface area (Å²) in [5.74, 6) is -0.836. The molecule has 0 heterocycles. The minimum absolute atomic E-state index is 0.0675. The van der Waals surface area contributed by atoms with E-state index in [9.17, 15) is 18.0 Å². The Morgan fingerprint density at radius 2 is 1.64 bits per heavy atom. The van der Waals surface area contributed by atoms with Gasteiger partial charge in [0.05, 0.1) is 11.9 Å². The Labute approximate surface area is 227 Å². The molecule has 0 bridgehead atoms. The molecule has 1 N–H and O–H groups in total. The van der Waals surface area contributed by atoms with Gasteiger partial charge in [0.2, 0.25) is 21.8 Å². The molecule has 0 aliphatic heterocycles. The molecule has 0 saturated heterocycles. The first kappa shape index (κ1) is 28.6. The SMILES string of the molecule is C[C@@H](C(=O)NC1CCCCC1)N(Cc1cccc(Cl)c1)C(=O)CN(c1cc(Cl)cc(Cl)c1)S(C)(=O)=O. The fraction of sp³-hybridized carbons (Fsp3) is 0.440. The van der Waals surface area contributed by atoms with Crippen LogP contribution < -0.4 is 9.62 Å². The summed E-state index contributed by atoms with van der Waals surface area (Å²) in [6, 6.07) is 10.5. The zero-order chi connectivity index (χ0) is 26.5. The van der Waals surface area contributed by atoms with Gasteiger partial charge in [-0.25, -0.2) is 8.42 Å². The van der Waals surface area contributed by atoms with E-state index in [1.165, 1.54) is 23.1 Å². The van der Waals surface area contributed by atoms with Gasteiger partial charge in [-0.2, -0.15) is 0 Å². The molecule has 0 unspecified atom stereocenters. The number of hydrogen-bond acceptors (Lipinski definition) is 4. The van der Waals surface area contributed by atoms with Gasteiger partial charge in [0.25, 0.3) is 0 Å². The summed E-state index contributed by atoms with van der Waals surface area (Å²) in [7, 11) is -3.88. The van der Waals surface area contributed by atoms with Gasteiger partial charge < -0.3 is 10.2 Å². The van der Waals surface area contributed by atoms with E-state index in [-0.39, 0.29) is 34.2 Å². The van der Waals surface area contributed by atoms with Crippen LogP contribution in [0.1, 0.15) is 44.6 Å². The van der Waals surface area contributed by atoms with Crippen molar-refractivity contribution in [3.63, 3.8) is 0 Å². The predicted molar refractivity (Wildman–Crippen MR) is 145 cm³/mol. The van der Waals surface area contributed by atoms with Gasteiger partial charge in [0.15, 0.2) is 0 Å². The molecule has 2 aromatic rings. The first-order chi connectivity index (χ1) is 16.9. The van der Waals surface area contributed by atoms with Gasteiger partial charge in [0.1, 0.15) is 12.6 Å². The van der Waals surface area contributed by atoms with E-state index in [2.05, 4.69) is 5.32 Å². The van der Waals surface area contributed by atoms with Crippen LogP contribution in [0.4, 0.5) is 5.69 Å². The van der Waals surface area contributed by atoms with E-state index in [1.54, 1.807) is 31.2 Å². The standard InChI is InChI=1S/C25H30Cl3N3O4S/c1-17(25(33)29-22-9-4-3-5-10-22)30(15-18-7-6-8-19(26)11-18)24(32)16-31(36(2,34)35)23-13-20(27)12-21(28)14-23/h6-8,11-14,17,22H,3-5,9-10,15-16H2,1-2H3,(H,29,33)/t17-/m0/s1. The monoisotopic (exact) mass is 573 g/mol. The van der Waals surface area contributed by atoms with Crippen LogP contribution in [0.25, 0.3) is 0 Å². The van der Waals surface area contributed by atoms with Crippen molar-refractivity contribution in [1.82, 2.24) is 10.2 Å². The third kappa shape index (κ3) is 8.00. The van der Waals surface area contributed by atoms with Crippen LogP contribution in [0.2, 0.25) is 15.1 Å². The normalized spacial score (nSPS) is 15.2. The van der Waals surface area contributed by atoms with E-state index in [1.807, 2.05) is 0 Å². The molecule has 196 valence electrons. The summed E-state index contributed by atoms with van der Waals surface area (Å²) < 4.78 is 26.2. The summed E-state index contributed by atoms with van der Waals surface area (Å²) in [4.78, 5) is 28.1. The second kappa shape index (κ2) is 12.5. The molecule has 36 heavy (non-hydrogen) atoms. The Morgan fingerprint density at radius 1 is 1.00 bits per heavy atom. The highest BCUT2D eigenvalue weighted by molar-refractivity contribution is 7.92. The average Bonchev–Trinajstić information content (AvgIpc) is 2.79. The van der Waals surface area contributed by atoms with Crippen molar-refractivity contribution >= 4 is 62.3 Å². The largest absolute Gasteiger partial charge is 0.352 e. The summed E-state index contributed by atoms with van der Waals surface area (Å²) >= 11 is 18.3. The lowest BCUT2D eigenvalue weighted by Gasteiger charge is -2.33. The Morgan fingerprint density at radius 3 is 2.22 bits per heavy atom. The van der Waals surface area contributed by atoms with Crippen LogP contribution >= 0.6 is 34.8 Å². The molecular formula is C25H30Cl3N3O4S. The van der Waals surface area contributed by atoms with Crippen LogP contribution in [0.5, 0.6) is 0 Å². The first-order valence-corrected chi connectivity index (χ1v) is 14.7. The molecule has 1 fully saturated rings. The zero-order valence-electron chi connectivity index (χ0n) is 20.2. The van der Waals surface area contributed by atoms with Gasteiger partial charge in [-0.15, -0.1) is 0 Å². The highest BCUT2D eigenvalue weighted by Gasteiger charge is 2.31. The third-order valence-corrected chi connectivity index (χ3v) is 7.99. The number of hydrogen-bond donors (Lipinski definition) is 1. The van der Waals surface area contributed by atoms with Crippen LogP contribution in [0.15, 0.2) is 42.5 Å². The van der Waals surface area contributed by atoms with Crippen molar-refractivity contribution in [3.8, 4) is 0 Å². The number of nitrogens with one attached hydrogen (secondary N) is 1. The minimum Gasteiger partial charge on any atom is -0.352 e. The third-order valence-electron chi connectivity index (χ3n) is 6.18. The lowest BCUT2D eigenvalue weighted by atomic mass is 9.95. The molecular weight excluding hydrogens is 545 g/mol.